The number of unbranched alkanes of at least 4 members (excludes halogenated alkanes) is 1. The fraction of sp³-hybridized carbons (Fsp3) is 0.250. The Bertz CT molecular complexity index is 1710. The van der Waals surface area contributed by atoms with E-state index in [-0.39, 0.29) is 5.56 Å². The molecule has 0 radical (unpaired) electrons. The normalized spacial score (nSPS) is 11.1. The fourth-order valence-corrected chi connectivity index (χ4v) is 4.88. The molecule has 0 fully saturated rings. The third-order valence-corrected chi connectivity index (χ3v) is 7.07. The molecule has 0 spiro atoms. The van der Waals surface area contributed by atoms with Crippen LogP contribution in [0.2, 0.25) is 0 Å². The van der Waals surface area contributed by atoms with Gasteiger partial charge in [-0.25, -0.2) is 9.78 Å². The summed E-state index contributed by atoms with van der Waals surface area (Å²) >= 11 is 0. The minimum Gasteiger partial charge on any atom is -0.497 e. The highest BCUT2D eigenvalue weighted by atomic mass is 16.5. The molecule has 2 aromatic heterocycles. The van der Waals surface area contributed by atoms with Crippen molar-refractivity contribution >= 4 is 0 Å². The second-order valence-corrected chi connectivity index (χ2v) is 9.79. The molecule has 0 saturated heterocycles. The quantitative estimate of drug-likeness (QED) is 0.251. The Morgan fingerprint density at radius 2 is 1.62 bits per heavy atom. The Kier molecular flexibility index (Phi) is 8.05. The van der Waals surface area contributed by atoms with E-state index in [2.05, 4.69) is 17.1 Å². The molecular formula is C32H32N4O4. The third-order valence-electron chi connectivity index (χ3n) is 7.07. The van der Waals surface area contributed by atoms with Gasteiger partial charge in [0.25, 0.3) is 5.56 Å². The van der Waals surface area contributed by atoms with Crippen molar-refractivity contribution in [3.63, 3.8) is 0 Å². The van der Waals surface area contributed by atoms with Gasteiger partial charge in [0, 0.05) is 17.5 Å². The summed E-state index contributed by atoms with van der Waals surface area (Å²) in [6.07, 6.45) is 3.26. The van der Waals surface area contributed by atoms with Gasteiger partial charge < -0.3 is 4.74 Å². The minimum absolute atomic E-state index is 0.00108. The van der Waals surface area contributed by atoms with Gasteiger partial charge in [-0.15, -0.1) is 0 Å². The average molecular weight is 537 g/mol. The van der Waals surface area contributed by atoms with Crippen molar-refractivity contribution in [2.75, 3.05) is 7.11 Å². The number of nitrogens with zero attached hydrogens (tertiary/aromatic N) is 3. The second-order valence-electron chi connectivity index (χ2n) is 9.79. The van der Waals surface area contributed by atoms with E-state index in [9.17, 15) is 9.59 Å². The highest BCUT2D eigenvalue weighted by Gasteiger charge is 2.16. The van der Waals surface area contributed by atoms with E-state index in [0.29, 0.717) is 24.6 Å². The predicted molar refractivity (Wildman–Crippen MR) is 155 cm³/mol. The fourth-order valence-electron chi connectivity index (χ4n) is 4.88. The molecular weight excluding hydrogens is 504 g/mol. The van der Waals surface area contributed by atoms with Crippen LogP contribution >= 0.6 is 0 Å². The maximum Gasteiger partial charge on any atom is 0.439 e. The number of aromatic amines is 1. The van der Waals surface area contributed by atoms with Gasteiger partial charge >= 0.3 is 5.76 Å². The van der Waals surface area contributed by atoms with Crippen molar-refractivity contribution in [1.29, 1.82) is 0 Å². The SMILES string of the molecule is CCCCc1nc(C)n(Cc2ccc(OC)cc2)c(=O)c1Cc1ccc(-c2ccccc2-c2noc(=O)[nH]2)cc1. The van der Waals surface area contributed by atoms with Crippen LogP contribution in [0.5, 0.6) is 5.75 Å². The highest BCUT2D eigenvalue weighted by Crippen LogP contribution is 2.30. The number of nitrogens with one attached hydrogen (secondary N) is 1. The van der Waals surface area contributed by atoms with Gasteiger partial charge in [0.1, 0.15) is 11.6 Å². The van der Waals surface area contributed by atoms with Crippen LogP contribution < -0.4 is 16.1 Å². The summed E-state index contributed by atoms with van der Waals surface area (Å²) in [6.45, 7) is 4.49. The van der Waals surface area contributed by atoms with Gasteiger partial charge in [-0.3, -0.25) is 18.9 Å². The molecule has 40 heavy (non-hydrogen) atoms. The number of aromatic nitrogens is 4. The zero-order chi connectivity index (χ0) is 28.1. The maximum atomic E-state index is 13.9. The lowest BCUT2D eigenvalue weighted by atomic mass is 9.96. The minimum atomic E-state index is -0.594. The topological polar surface area (TPSA) is 103 Å². The average Bonchev–Trinajstić information content (AvgIpc) is 3.42. The van der Waals surface area contributed by atoms with E-state index >= 15 is 0 Å². The number of rotatable bonds is 10. The number of aryl methyl sites for hydroxylation is 2. The van der Waals surface area contributed by atoms with E-state index in [4.69, 9.17) is 14.2 Å². The van der Waals surface area contributed by atoms with Gasteiger partial charge in [0.15, 0.2) is 5.82 Å². The molecule has 1 N–H and O–H groups in total. The standard InChI is InChI=1S/C32H32N4O4/c1-4-5-10-29-28(31(37)36(21(2)33-29)20-23-13-17-25(39-3)18-14-23)19-22-11-15-24(16-12-22)26-8-6-7-9-27(26)30-34-32(38)40-35-30/h6-9,11-18H,4-5,10,19-20H2,1-3H3,(H,34,35,38). The molecule has 0 aliphatic carbocycles. The molecule has 2 heterocycles. The molecule has 5 rings (SSSR count). The van der Waals surface area contributed by atoms with Gasteiger partial charge in [-0.2, -0.15) is 0 Å². The monoisotopic (exact) mass is 536 g/mol. The molecule has 3 aromatic carbocycles. The van der Waals surface area contributed by atoms with Crippen LogP contribution in [0.1, 0.15) is 48.0 Å². The van der Waals surface area contributed by atoms with Crippen LogP contribution in [0.3, 0.4) is 0 Å². The van der Waals surface area contributed by atoms with Crippen molar-refractivity contribution in [1.82, 2.24) is 19.7 Å². The summed E-state index contributed by atoms with van der Waals surface area (Å²) in [4.78, 5) is 32.9. The summed E-state index contributed by atoms with van der Waals surface area (Å²) in [5.41, 5.74) is 6.30. The van der Waals surface area contributed by atoms with Crippen LogP contribution in [0.4, 0.5) is 0 Å². The van der Waals surface area contributed by atoms with Crippen LogP contribution in [0.15, 0.2) is 86.9 Å². The molecule has 8 heteroatoms. The Labute approximate surface area is 232 Å². The molecule has 0 bridgehead atoms. The summed E-state index contributed by atoms with van der Waals surface area (Å²) in [5.74, 6) is 1.28. The molecule has 0 aliphatic heterocycles. The Balaban J connectivity index is 1.47. The van der Waals surface area contributed by atoms with E-state index in [1.165, 1.54) is 0 Å². The molecule has 0 saturated carbocycles. The van der Waals surface area contributed by atoms with Crippen LogP contribution in [-0.4, -0.2) is 26.8 Å². The van der Waals surface area contributed by atoms with Crippen molar-refractivity contribution in [3.8, 4) is 28.3 Å². The lowest BCUT2D eigenvalue weighted by molar-refractivity contribution is 0.388. The first kappa shape index (κ1) is 26.9. The van der Waals surface area contributed by atoms with E-state index < -0.39 is 5.76 Å². The second kappa shape index (κ2) is 12.0. The molecule has 0 atom stereocenters. The van der Waals surface area contributed by atoms with E-state index in [1.54, 1.807) is 11.7 Å². The highest BCUT2D eigenvalue weighted by molar-refractivity contribution is 5.80. The number of H-pyrrole nitrogens is 1. The molecule has 0 amide bonds. The summed E-state index contributed by atoms with van der Waals surface area (Å²) in [7, 11) is 1.64. The first-order valence-electron chi connectivity index (χ1n) is 13.4. The smallest absolute Gasteiger partial charge is 0.439 e. The largest absolute Gasteiger partial charge is 0.497 e. The summed E-state index contributed by atoms with van der Waals surface area (Å²) < 4.78 is 11.7. The molecule has 8 nitrogen and oxygen atoms in total. The number of hydrogen-bond acceptors (Lipinski definition) is 6. The molecule has 0 unspecified atom stereocenters. The Morgan fingerprint density at radius 1 is 0.925 bits per heavy atom. The predicted octanol–water partition coefficient (Wildman–Crippen LogP) is 5.55. The van der Waals surface area contributed by atoms with Gasteiger partial charge in [0.2, 0.25) is 0 Å². The van der Waals surface area contributed by atoms with E-state index in [1.807, 2.05) is 79.7 Å². The van der Waals surface area contributed by atoms with Crippen LogP contribution in [0, 0.1) is 6.92 Å². The molecule has 204 valence electrons. The van der Waals surface area contributed by atoms with Gasteiger partial charge in [-0.05, 0) is 54.2 Å². The number of benzene rings is 3. The summed E-state index contributed by atoms with van der Waals surface area (Å²) in [6, 6.07) is 23.6. The number of methoxy groups -OCH3 is 1. The Hall–Kier alpha value is -4.72. The lowest BCUT2D eigenvalue weighted by Gasteiger charge is -2.16. The van der Waals surface area contributed by atoms with E-state index in [0.717, 1.165) is 64.1 Å². The zero-order valence-electron chi connectivity index (χ0n) is 22.9. The van der Waals surface area contributed by atoms with Crippen molar-refractivity contribution in [2.45, 2.75) is 46.1 Å². The van der Waals surface area contributed by atoms with Crippen molar-refractivity contribution < 1.29 is 9.26 Å². The van der Waals surface area contributed by atoms with Crippen molar-refractivity contribution in [3.05, 3.63) is 122 Å². The first-order valence-corrected chi connectivity index (χ1v) is 13.4. The van der Waals surface area contributed by atoms with Crippen LogP contribution in [-0.2, 0) is 19.4 Å². The van der Waals surface area contributed by atoms with Gasteiger partial charge in [-0.1, -0.05) is 79.2 Å². The molecule has 0 aliphatic rings. The Morgan fingerprint density at radius 3 is 2.27 bits per heavy atom. The maximum absolute atomic E-state index is 13.9. The molecule has 5 aromatic rings. The first-order chi connectivity index (χ1) is 19.5. The lowest BCUT2D eigenvalue weighted by Crippen LogP contribution is -2.30. The number of ether oxygens (including phenoxy) is 1. The van der Waals surface area contributed by atoms with Gasteiger partial charge in [0.05, 0.1) is 19.3 Å². The van der Waals surface area contributed by atoms with Crippen molar-refractivity contribution in [2.24, 2.45) is 0 Å². The van der Waals surface area contributed by atoms with Crippen LogP contribution in [0.25, 0.3) is 22.5 Å². The third kappa shape index (κ3) is 5.81. The number of hydrogen-bond donors (Lipinski definition) is 1. The summed E-state index contributed by atoms with van der Waals surface area (Å²) in [5, 5.41) is 3.85. The zero-order valence-corrected chi connectivity index (χ0v) is 22.9.